The smallest absolute Gasteiger partial charge is 0.143 e. The third-order valence-corrected chi connectivity index (χ3v) is 10.4. The van der Waals surface area contributed by atoms with Crippen molar-refractivity contribution < 1.29 is 4.42 Å². The zero-order valence-electron chi connectivity index (χ0n) is 29.6. The standard InChI is InChI=1S/C52H35NO/c1-4-16-36(17-5-1)39-24-14-25-43(32-39)53(50-31-30-42(37-18-6-2-7-19-37)33-47(50)38-20-8-3-9-21-38)49-29-13-12-26-44(49)45-27-15-28-46-48-34-40-22-10-11-23-41(40)35-51(48)54-52(45)46/h1-35H. The second-order valence-corrected chi connectivity index (χ2v) is 13.7. The molecule has 0 bridgehead atoms. The van der Waals surface area contributed by atoms with Gasteiger partial charge in [-0.25, -0.2) is 0 Å². The zero-order chi connectivity index (χ0) is 35.8. The van der Waals surface area contributed by atoms with Crippen LogP contribution in [0, 0.1) is 0 Å². The molecule has 0 amide bonds. The van der Waals surface area contributed by atoms with Crippen molar-refractivity contribution in [1.82, 2.24) is 0 Å². The Morgan fingerprint density at radius 1 is 0.315 bits per heavy atom. The first-order valence-corrected chi connectivity index (χ1v) is 18.4. The third kappa shape index (κ3) is 5.62. The molecular weight excluding hydrogens is 655 g/mol. The van der Waals surface area contributed by atoms with Gasteiger partial charge in [-0.3, -0.25) is 0 Å². The van der Waals surface area contributed by atoms with E-state index in [4.69, 9.17) is 4.42 Å². The molecule has 2 nitrogen and oxygen atoms in total. The lowest BCUT2D eigenvalue weighted by Gasteiger charge is -2.30. The van der Waals surface area contributed by atoms with Gasteiger partial charge in [0.2, 0.25) is 0 Å². The van der Waals surface area contributed by atoms with Crippen LogP contribution >= 0.6 is 0 Å². The summed E-state index contributed by atoms with van der Waals surface area (Å²) >= 11 is 0. The predicted octanol–water partition coefficient (Wildman–Crippen LogP) is 14.9. The van der Waals surface area contributed by atoms with Crippen molar-refractivity contribution in [2.24, 2.45) is 0 Å². The average molecular weight is 690 g/mol. The molecule has 9 aromatic carbocycles. The van der Waals surface area contributed by atoms with Gasteiger partial charge < -0.3 is 9.32 Å². The second kappa shape index (κ2) is 13.4. The topological polar surface area (TPSA) is 16.4 Å². The molecule has 0 aliphatic carbocycles. The average Bonchev–Trinajstić information content (AvgIpc) is 3.62. The van der Waals surface area contributed by atoms with Gasteiger partial charge >= 0.3 is 0 Å². The van der Waals surface area contributed by atoms with E-state index in [1.54, 1.807) is 0 Å². The van der Waals surface area contributed by atoms with Gasteiger partial charge in [0, 0.05) is 33.2 Å². The van der Waals surface area contributed by atoms with Crippen LogP contribution < -0.4 is 4.90 Å². The molecule has 0 aliphatic heterocycles. The number of para-hydroxylation sites is 2. The van der Waals surface area contributed by atoms with Gasteiger partial charge in [-0.2, -0.15) is 0 Å². The molecule has 10 aromatic rings. The highest BCUT2D eigenvalue weighted by atomic mass is 16.3. The Kier molecular flexibility index (Phi) is 7.85. The number of nitrogens with zero attached hydrogens (tertiary/aromatic N) is 1. The largest absolute Gasteiger partial charge is 0.455 e. The van der Waals surface area contributed by atoms with Gasteiger partial charge in [0.1, 0.15) is 11.2 Å². The lowest BCUT2D eigenvalue weighted by molar-refractivity contribution is 0.670. The van der Waals surface area contributed by atoms with E-state index in [1.165, 1.54) is 27.5 Å². The van der Waals surface area contributed by atoms with Crippen molar-refractivity contribution >= 4 is 49.8 Å². The number of hydrogen-bond donors (Lipinski definition) is 0. The van der Waals surface area contributed by atoms with Crippen LogP contribution in [0.4, 0.5) is 17.1 Å². The summed E-state index contributed by atoms with van der Waals surface area (Å²) in [5.41, 5.74) is 14.1. The molecule has 54 heavy (non-hydrogen) atoms. The summed E-state index contributed by atoms with van der Waals surface area (Å²) in [5.74, 6) is 0. The van der Waals surface area contributed by atoms with Crippen LogP contribution in [-0.2, 0) is 0 Å². The van der Waals surface area contributed by atoms with E-state index in [1.807, 2.05) is 0 Å². The molecule has 0 saturated heterocycles. The minimum absolute atomic E-state index is 0.885. The normalized spacial score (nSPS) is 11.3. The fourth-order valence-corrected chi connectivity index (χ4v) is 7.85. The predicted molar refractivity (Wildman–Crippen MR) is 228 cm³/mol. The Hall–Kier alpha value is -7.16. The molecule has 0 spiro atoms. The third-order valence-electron chi connectivity index (χ3n) is 10.4. The van der Waals surface area contributed by atoms with Crippen molar-refractivity contribution in [3.63, 3.8) is 0 Å². The van der Waals surface area contributed by atoms with E-state index in [0.29, 0.717) is 0 Å². The first kappa shape index (κ1) is 31.6. The molecule has 1 heterocycles. The highest BCUT2D eigenvalue weighted by Gasteiger charge is 2.23. The molecule has 0 atom stereocenters. The number of anilines is 3. The van der Waals surface area contributed by atoms with Crippen LogP contribution in [0.5, 0.6) is 0 Å². The highest BCUT2D eigenvalue weighted by Crippen LogP contribution is 2.48. The van der Waals surface area contributed by atoms with Crippen molar-refractivity contribution in [3.05, 3.63) is 212 Å². The molecular formula is C52H35NO. The van der Waals surface area contributed by atoms with Crippen LogP contribution in [-0.4, -0.2) is 0 Å². The number of benzene rings is 9. The molecule has 0 radical (unpaired) electrons. The maximum absolute atomic E-state index is 6.81. The van der Waals surface area contributed by atoms with Crippen molar-refractivity contribution in [2.75, 3.05) is 4.90 Å². The maximum atomic E-state index is 6.81. The van der Waals surface area contributed by atoms with E-state index in [0.717, 1.165) is 66.8 Å². The summed E-state index contributed by atoms with van der Waals surface area (Å²) in [6, 6.07) is 75.9. The van der Waals surface area contributed by atoms with Gasteiger partial charge in [-0.15, -0.1) is 0 Å². The van der Waals surface area contributed by atoms with Crippen LogP contribution in [0.25, 0.3) is 77.2 Å². The first-order valence-electron chi connectivity index (χ1n) is 18.4. The van der Waals surface area contributed by atoms with Crippen molar-refractivity contribution in [3.8, 4) is 44.5 Å². The fourth-order valence-electron chi connectivity index (χ4n) is 7.85. The second-order valence-electron chi connectivity index (χ2n) is 13.7. The van der Waals surface area contributed by atoms with Crippen LogP contribution in [0.15, 0.2) is 217 Å². The van der Waals surface area contributed by atoms with Crippen LogP contribution in [0.1, 0.15) is 0 Å². The fraction of sp³-hybridized carbons (Fsp3) is 0. The maximum Gasteiger partial charge on any atom is 0.143 e. The van der Waals surface area contributed by atoms with Gasteiger partial charge in [-0.05, 0) is 81.1 Å². The van der Waals surface area contributed by atoms with E-state index in [2.05, 4.69) is 217 Å². The molecule has 254 valence electrons. The number of furan rings is 1. The van der Waals surface area contributed by atoms with E-state index >= 15 is 0 Å². The number of hydrogen-bond acceptors (Lipinski definition) is 2. The summed E-state index contributed by atoms with van der Waals surface area (Å²) in [6.45, 7) is 0. The van der Waals surface area contributed by atoms with Crippen molar-refractivity contribution in [2.45, 2.75) is 0 Å². The lowest BCUT2D eigenvalue weighted by atomic mass is 9.94. The molecule has 2 heteroatoms. The van der Waals surface area contributed by atoms with Gasteiger partial charge in [0.15, 0.2) is 0 Å². The summed E-state index contributed by atoms with van der Waals surface area (Å²) in [7, 11) is 0. The molecule has 10 rings (SSSR count). The minimum Gasteiger partial charge on any atom is -0.455 e. The van der Waals surface area contributed by atoms with Gasteiger partial charge in [-0.1, -0.05) is 170 Å². The molecule has 0 unspecified atom stereocenters. The van der Waals surface area contributed by atoms with Gasteiger partial charge in [0.25, 0.3) is 0 Å². The highest BCUT2D eigenvalue weighted by molar-refractivity contribution is 6.14. The Morgan fingerprint density at radius 2 is 0.870 bits per heavy atom. The van der Waals surface area contributed by atoms with E-state index in [-0.39, 0.29) is 0 Å². The Morgan fingerprint density at radius 3 is 1.61 bits per heavy atom. The summed E-state index contributed by atoms with van der Waals surface area (Å²) in [4.78, 5) is 2.43. The number of fused-ring (bicyclic) bond motifs is 4. The van der Waals surface area contributed by atoms with E-state index in [9.17, 15) is 0 Å². The zero-order valence-corrected chi connectivity index (χ0v) is 29.6. The van der Waals surface area contributed by atoms with Crippen LogP contribution in [0.2, 0.25) is 0 Å². The quantitative estimate of drug-likeness (QED) is 0.166. The van der Waals surface area contributed by atoms with Crippen LogP contribution in [0.3, 0.4) is 0 Å². The molecule has 0 saturated carbocycles. The molecule has 0 fully saturated rings. The van der Waals surface area contributed by atoms with Gasteiger partial charge in [0.05, 0.1) is 11.4 Å². The number of rotatable bonds is 7. The minimum atomic E-state index is 0.885. The van der Waals surface area contributed by atoms with E-state index < -0.39 is 0 Å². The monoisotopic (exact) mass is 689 g/mol. The SMILES string of the molecule is c1ccc(-c2cccc(N(c3ccc(-c4ccccc4)cc3-c3ccccc3)c3ccccc3-c3cccc4c3oc3cc5ccccc5cc34)c2)cc1. The summed E-state index contributed by atoms with van der Waals surface area (Å²) < 4.78 is 6.81. The Labute approximate surface area is 314 Å². The molecule has 1 aromatic heterocycles. The first-order chi connectivity index (χ1) is 26.8. The van der Waals surface area contributed by atoms with Crippen molar-refractivity contribution in [1.29, 1.82) is 0 Å². The Bertz CT molecular complexity index is 2930. The lowest BCUT2D eigenvalue weighted by Crippen LogP contribution is -2.12. The molecule has 0 N–H and O–H groups in total. The summed E-state index contributed by atoms with van der Waals surface area (Å²) in [6.07, 6.45) is 0. The Balaban J connectivity index is 1.24. The summed E-state index contributed by atoms with van der Waals surface area (Å²) in [5, 5.41) is 4.61. The molecule has 0 aliphatic rings.